The molecule has 2 aromatic carbocycles. The molecule has 0 aromatic heterocycles. The highest BCUT2D eigenvalue weighted by Crippen LogP contribution is 2.21. The van der Waals surface area contributed by atoms with Crippen molar-refractivity contribution in [2.45, 2.75) is 33.2 Å². The molecule has 0 saturated carbocycles. The van der Waals surface area contributed by atoms with Crippen LogP contribution in [0.4, 0.5) is 5.69 Å². The van der Waals surface area contributed by atoms with Gasteiger partial charge in [-0.3, -0.25) is 9.59 Å². The van der Waals surface area contributed by atoms with E-state index < -0.39 is 0 Å². The van der Waals surface area contributed by atoms with Crippen LogP contribution in [0.5, 0.6) is 0 Å². The van der Waals surface area contributed by atoms with Crippen molar-refractivity contribution >= 4 is 33.4 Å². The Kier molecular flexibility index (Phi) is 6.15. The van der Waals surface area contributed by atoms with Crippen LogP contribution in [0.15, 0.2) is 46.9 Å². The van der Waals surface area contributed by atoms with Crippen LogP contribution in [0, 0.1) is 6.92 Å². The topological polar surface area (TPSA) is 58.2 Å². The van der Waals surface area contributed by atoms with E-state index in [1.165, 1.54) is 0 Å². The first-order valence-electron chi connectivity index (χ1n) is 7.89. The van der Waals surface area contributed by atoms with E-state index in [1.54, 1.807) is 24.3 Å². The van der Waals surface area contributed by atoms with Crippen LogP contribution in [-0.2, 0) is 0 Å². The number of carbonyl (C=O) groups is 2. The number of anilines is 1. The van der Waals surface area contributed by atoms with Crippen LogP contribution in [0.25, 0.3) is 0 Å². The molecule has 2 amide bonds. The van der Waals surface area contributed by atoms with Crippen LogP contribution in [0.2, 0.25) is 0 Å². The zero-order chi connectivity index (χ0) is 17.7. The van der Waals surface area contributed by atoms with Crippen LogP contribution in [0.1, 0.15) is 46.5 Å². The molecular formula is C19H21BrN2O2. The maximum atomic E-state index is 12.3. The van der Waals surface area contributed by atoms with Gasteiger partial charge in [0, 0.05) is 27.3 Å². The lowest BCUT2D eigenvalue weighted by molar-refractivity contribution is 0.0937. The molecule has 2 aromatic rings. The van der Waals surface area contributed by atoms with Gasteiger partial charge in [0.1, 0.15) is 0 Å². The largest absolute Gasteiger partial charge is 0.350 e. The van der Waals surface area contributed by atoms with Crippen molar-refractivity contribution < 1.29 is 9.59 Å². The molecule has 126 valence electrons. The van der Waals surface area contributed by atoms with E-state index in [2.05, 4.69) is 26.6 Å². The second-order valence-electron chi connectivity index (χ2n) is 5.78. The molecule has 0 aliphatic rings. The molecule has 0 aliphatic heterocycles. The highest BCUT2D eigenvalue weighted by Gasteiger charge is 2.11. The Morgan fingerprint density at radius 2 is 1.62 bits per heavy atom. The van der Waals surface area contributed by atoms with Crippen molar-refractivity contribution in [3.05, 3.63) is 63.6 Å². The van der Waals surface area contributed by atoms with Gasteiger partial charge in [0.05, 0.1) is 0 Å². The predicted octanol–water partition coefficient (Wildman–Crippen LogP) is 4.54. The summed E-state index contributed by atoms with van der Waals surface area (Å²) in [7, 11) is 0. The zero-order valence-corrected chi connectivity index (χ0v) is 15.6. The summed E-state index contributed by atoms with van der Waals surface area (Å²) in [6.45, 7) is 5.96. The number of hydrogen-bond donors (Lipinski definition) is 2. The molecular weight excluding hydrogens is 368 g/mol. The Labute approximate surface area is 150 Å². The van der Waals surface area contributed by atoms with Crippen molar-refractivity contribution in [2.24, 2.45) is 0 Å². The summed E-state index contributed by atoms with van der Waals surface area (Å²) in [6, 6.07) is 12.4. The molecule has 0 spiro atoms. The SMILES string of the molecule is CCC(C)NC(=O)c1ccc(C(=O)Nc2ccc(C)c(Br)c2)cc1. The second-order valence-corrected chi connectivity index (χ2v) is 6.63. The lowest BCUT2D eigenvalue weighted by Gasteiger charge is -2.11. The third-order valence-electron chi connectivity index (χ3n) is 3.83. The minimum Gasteiger partial charge on any atom is -0.350 e. The molecule has 0 bridgehead atoms. The number of hydrogen-bond acceptors (Lipinski definition) is 2. The molecule has 24 heavy (non-hydrogen) atoms. The first kappa shape index (κ1) is 18.2. The molecule has 1 unspecified atom stereocenters. The number of rotatable bonds is 5. The van der Waals surface area contributed by atoms with Crippen molar-refractivity contribution in [3.63, 3.8) is 0 Å². The molecule has 0 saturated heterocycles. The molecule has 0 radical (unpaired) electrons. The third-order valence-corrected chi connectivity index (χ3v) is 4.68. The smallest absolute Gasteiger partial charge is 0.255 e. The number of carbonyl (C=O) groups excluding carboxylic acids is 2. The van der Waals surface area contributed by atoms with Gasteiger partial charge < -0.3 is 10.6 Å². The van der Waals surface area contributed by atoms with Gasteiger partial charge in [0.15, 0.2) is 0 Å². The monoisotopic (exact) mass is 388 g/mol. The summed E-state index contributed by atoms with van der Waals surface area (Å²) < 4.78 is 0.942. The number of halogens is 1. The minimum atomic E-state index is -0.209. The van der Waals surface area contributed by atoms with Gasteiger partial charge in [0.25, 0.3) is 11.8 Å². The molecule has 1 atom stereocenters. The van der Waals surface area contributed by atoms with E-state index in [4.69, 9.17) is 0 Å². The van der Waals surface area contributed by atoms with E-state index in [0.717, 1.165) is 22.1 Å². The van der Waals surface area contributed by atoms with E-state index >= 15 is 0 Å². The quantitative estimate of drug-likeness (QED) is 0.789. The molecule has 2 rings (SSSR count). The average Bonchev–Trinajstić information content (AvgIpc) is 2.58. The van der Waals surface area contributed by atoms with Gasteiger partial charge in [0.2, 0.25) is 0 Å². The van der Waals surface area contributed by atoms with Crippen LogP contribution >= 0.6 is 15.9 Å². The Hall–Kier alpha value is -2.14. The van der Waals surface area contributed by atoms with Crippen molar-refractivity contribution in [1.82, 2.24) is 5.32 Å². The lowest BCUT2D eigenvalue weighted by atomic mass is 10.1. The van der Waals surface area contributed by atoms with Gasteiger partial charge in [-0.2, -0.15) is 0 Å². The molecule has 0 aliphatic carbocycles. The summed E-state index contributed by atoms with van der Waals surface area (Å²) in [6.07, 6.45) is 0.873. The fourth-order valence-electron chi connectivity index (χ4n) is 2.06. The summed E-state index contributed by atoms with van der Waals surface area (Å²) in [5, 5.41) is 5.75. The molecule has 4 nitrogen and oxygen atoms in total. The summed E-state index contributed by atoms with van der Waals surface area (Å²) in [5.74, 6) is -0.335. The molecule has 0 fully saturated rings. The van der Waals surface area contributed by atoms with Gasteiger partial charge in [-0.15, -0.1) is 0 Å². The van der Waals surface area contributed by atoms with E-state index in [9.17, 15) is 9.59 Å². The number of nitrogens with one attached hydrogen (secondary N) is 2. The van der Waals surface area contributed by atoms with Gasteiger partial charge >= 0.3 is 0 Å². The first-order valence-corrected chi connectivity index (χ1v) is 8.68. The molecule has 0 heterocycles. The standard InChI is InChI=1S/C19H21BrN2O2/c1-4-13(3)21-18(23)14-6-8-15(9-7-14)19(24)22-16-10-5-12(2)17(20)11-16/h5-11,13H,4H2,1-3H3,(H,21,23)(H,22,24). The van der Waals surface area contributed by atoms with Crippen LogP contribution in [-0.4, -0.2) is 17.9 Å². The summed E-state index contributed by atoms with van der Waals surface area (Å²) in [5.41, 5.74) is 2.87. The molecule has 5 heteroatoms. The van der Waals surface area contributed by atoms with Crippen molar-refractivity contribution in [2.75, 3.05) is 5.32 Å². The van der Waals surface area contributed by atoms with Crippen LogP contribution in [0.3, 0.4) is 0 Å². The van der Waals surface area contributed by atoms with E-state index in [0.29, 0.717) is 11.1 Å². The number of benzene rings is 2. The fraction of sp³-hybridized carbons (Fsp3) is 0.263. The Balaban J connectivity index is 2.05. The van der Waals surface area contributed by atoms with E-state index in [-0.39, 0.29) is 17.9 Å². The second kappa shape index (κ2) is 8.11. The Morgan fingerprint density at radius 3 is 2.17 bits per heavy atom. The van der Waals surface area contributed by atoms with Crippen molar-refractivity contribution in [3.8, 4) is 0 Å². The predicted molar refractivity (Wildman–Crippen MR) is 100 cm³/mol. The third kappa shape index (κ3) is 4.68. The van der Waals surface area contributed by atoms with Crippen LogP contribution < -0.4 is 10.6 Å². The Morgan fingerprint density at radius 1 is 1.04 bits per heavy atom. The van der Waals surface area contributed by atoms with Gasteiger partial charge in [-0.25, -0.2) is 0 Å². The summed E-state index contributed by atoms with van der Waals surface area (Å²) >= 11 is 3.45. The van der Waals surface area contributed by atoms with Gasteiger partial charge in [-0.1, -0.05) is 28.9 Å². The van der Waals surface area contributed by atoms with E-state index in [1.807, 2.05) is 39.0 Å². The highest BCUT2D eigenvalue weighted by molar-refractivity contribution is 9.10. The fourth-order valence-corrected chi connectivity index (χ4v) is 2.43. The highest BCUT2D eigenvalue weighted by atomic mass is 79.9. The first-order chi connectivity index (χ1) is 11.4. The molecule has 2 N–H and O–H groups in total. The zero-order valence-electron chi connectivity index (χ0n) is 14.0. The average molecular weight is 389 g/mol. The number of amides is 2. The summed E-state index contributed by atoms with van der Waals surface area (Å²) in [4.78, 5) is 24.3. The normalized spacial score (nSPS) is 11.7. The minimum absolute atomic E-state index is 0.125. The van der Waals surface area contributed by atoms with Crippen molar-refractivity contribution in [1.29, 1.82) is 0 Å². The Bertz CT molecular complexity index is 742. The number of aryl methyl sites for hydroxylation is 1. The maximum Gasteiger partial charge on any atom is 0.255 e. The lowest BCUT2D eigenvalue weighted by Crippen LogP contribution is -2.31. The maximum absolute atomic E-state index is 12.3. The van der Waals surface area contributed by atoms with Gasteiger partial charge in [-0.05, 0) is 62.2 Å².